The van der Waals surface area contributed by atoms with E-state index in [1.54, 1.807) is 12.4 Å². The molecule has 1 amide bonds. The van der Waals surface area contributed by atoms with Gasteiger partial charge in [0.05, 0.1) is 5.56 Å². The van der Waals surface area contributed by atoms with E-state index < -0.39 is 0 Å². The Labute approximate surface area is 179 Å². The third-order valence-corrected chi connectivity index (χ3v) is 5.89. The van der Waals surface area contributed by atoms with Crippen LogP contribution in [0.15, 0.2) is 29.0 Å². The average molecular weight is 460 g/mol. The second kappa shape index (κ2) is 8.62. The van der Waals surface area contributed by atoms with Gasteiger partial charge in [-0.15, -0.1) is 0 Å². The summed E-state index contributed by atoms with van der Waals surface area (Å²) >= 11 is 3.38. The van der Waals surface area contributed by atoms with Crippen LogP contribution in [-0.4, -0.2) is 90.1 Å². The quantitative estimate of drug-likeness (QED) is 0.690. The molecule has 2 aromatic rings. The van der Waals surface area contributed by atoms with Crippen molar-refractivity contribution < 1.29 is 4.79 Å². The van der Waals surface area contributed by atoms with Gasteiger partial charge < -0.3 is 19.6 Å². The molecule has 2 aliphatic heterocycles. The molecule has 0 unspecified atom stereocenters. The normalized spacial score (nSPS) is 18.2. The molecule has 9 heteroatoms. The zero-order chi connectivity index (χ0) is 20.4. The van der Waals surface area contributed by atoms with Gasteiger partial charge in [-0.3, -0.25) is 9.78 Å². The molecule has 154 valence electrons. The Hall–Kier alpha value is -2.26. The first-order chi connectivity index (χ1) is 14.0. The molecule has 4 heterocycles. The Morgan fingerprint density at radius 3 is 2.31 bits per heavy atom. The van der Waals surface area contributed by atoms with Crippen molar-refractivity contribution in [1.82, 2.24) is 24.8 Å². The van der Waals surface area contributed by atoms with Crippen LogP contribution in [0.25, 0.3) is 0 Å². The monoisotopic (exact) mass is 459 g/mol. The van der Waals surface area contributed by atoms with Crippen LogP contribution < -0.4 is 9.80 Å². The zero-order valence-corrected chi connectivity index (χ0v) is 18.5. The molecule has 2 aliphatic rings. The van der Waals surface area contributed by atoms with E-state index in [-0.39, 0.29) is 5.91 Å². The predicted molar refractivity (Wildman–Crippen MR) is 117 cm³/mol. The molecule has 0 atom stereocenters. The molecule has 2 fully saturated rings. The highest BCUT2D eigenvalue weighted by Crippen LogP contribution is 2.20. The number of piperazine rings is 2. The lowest BCUT2D eigenvalue weighted by Gasteiger charge is -2.36. The molecule has 29 heavy (non-hydrogen) atoms. The maximum absolute atomic E-state index is 12.7. The van der Waals surface area contributed by atoms with E-state index in [1.165, 1.54) is 0 Å². The van der Waals surface area contributed by atoms with Gasteiger partial charge in [0, 0.05) is 81.0 Å². The Balaban J connectivity index is 1.42. The average Bonchev–Trinajstić information content (AvgIpc) is 2.73. The Kier molecular flexibility index (Phi) is 5.96. The minimum absolute atomic E-state index is 0.0155. The van der Waals surface area contributed by atoms with E-state index in [2.05, 4.69) is 53.7 Å². The highest BCUT2D eigenvalue weighted by Gasteiger charge is 2.25. The fourth-order valence-electron chi connectivity index (χ4n) is 3.70. The van der Waals surface area contributed by atoms with E-state index in [0.717, 1.165) is 61.2 Å². The number of carbonyl (C=O) groups is 1. The summed E-state index contributed by atoms with van der Waals surface area (Å²) in [5.74, 6) is 1.77. The van der Waals surface area contributed by atoms with E-state index in [1.807, 2.05) is 17.9 Å². The van der Waals surface area contributed by atoms with Gasteiger partial charge in [-0.1, -0.05) is 0 Å². The molecule has 0 aliphatic carbocycles. The van der Waals surface area contributed by atoms with E-state index in [0.29, 0.717) is 18.7 Å². The second-order valence-corrected chi connectivity index (χ2v) is 8.54. The summed E-state index contributed by atoms with van der Waals surface area (Å²) in [5.41, 5.74) is 1.58. The molecular formula is C20H26BrN7O. The number of hydrogen-bond acceptors (Lipinski definition) is 7. The summed E-state index contributed by atoms with van der Waals surface area (Å²) in [6.45, 7) is 8.80. The minimum Gasteiger partial charge on any atom is -0.354 e. The molecule has 4 rings (SSSR count). The number of anilines is 2. The van der Waals surface area contributed by atoms with Crippen LogP contribution in [0.2, 0.25) is 0 Å². The van der Waals surface area contributed by atoms with E-state index >= 15 is 0 Å². The van der Waals surface area contributed by atoms with Crippen LogP contribution in [-0.2, 0) is 0 Å². The maximum Gasteiger partial charge on any atom is 0.255 e. The van der Waals surface area contributed by atoms with Gasteiger partial charge in [0.1, 0.15) is 5.82 Å². The topological polar surface area (TPSA) is 68.7 Å². The standard InChI is InChI=1S/C20H26BrN7O/c1-15-11-18(26-5-3-25(2)4-6-26)24-20(23-15)28-9-7-27(8-10-28)19(29)16-12-17(21)14-22-13-16/h11-14H,3-10H2,1-2H3. The number of halogens is 1. The largest absolute Gasteiger partial charge is 0.354 e. The number of likely N-dealkylation sites (N-methyl/N-ethyl adjacent to an activating group) is 1. The molecule has 0 aromatic carbocycles. The van der Waals surface area contributed by atoms with Crippen LogP contribution in [0.3, 0.4) is 0 Å². The van der Waals surface area contributed by atoms with Crippen molar-refractivity contribution in [1.29, 1.82) is 0 Å². The van der Waals surface area contributed by atoms with Crippen molar-refractivity contribution in [3.8, 4) is 0 Å². The lowest BCUT2D eigenvalue weighted by Crippen LogP contribution is -2.49. The van der Waals surface area contributed by atoms with E-state index in [9.17, 15) is 4.79 Å². The van der Waals surface area contributed by atoms with Gasteiger partial charge in [-0.25, -0.2) is 4.98 Å². The molecule has 2 aromatic heterocycles. The highest BCUT2D eigenvalue weighted by atomic mass is 79.9. The van der Waals surface area contributed by atoms with Crippen LogP contribution in [0, 0.1) is 6.92 Å². The zero-order valence-electron chi connectivity index (χ0n) is 16.9. The Morgan fingerprint density at radius 2 is 1.62 bits per heavy atom. The highest BCUT2D eigenvalue weighted by molar-refractivity contribution is 9.10. The molecule has 8 nitrogen and oxygen atoms in total. The molecule has 0 N–H and O–H groups in total. The molecule has 0 spiro atoms. The third kappa shape index (κ3) is 4.67. The SMILES string of the molecule is Cc1cc(N2CCN(C)CC2)nc(N2CCN(C(=O)c3cncc(Br)c3)CC2)n1. The predicted octanol–water partition coefficient (Wildman–Crippen LogP) is 1.66. The molecule has 2 saturated heterocycles. The van der Waals surface area contributed by atoms with Crippen molar-refractivity contribution in [3.05, 3.63) is 40.3 Å². The number of carbonyl (C=O) groups excluding carboxylic acids is 1. The first-order valence-electron chi connectivity index (χ1n) is 9.93. The Morgan fingerprint density at radius 1 is 0.931 bits per heavy atom. The number of pyridine rings is 1. The maximum atomic E-state index is 12.7. The van der Waals surface area contributed by atoms with Gasteiger partial charge in [0.2, 0.25) is 5.95 Å². The molecule has 0 saturated carbocycles. The molecule has 0 radical (unpaired) electrons. The minimum atomic E-state index is 0.0155. The van der Waals surface area contributed by atoms with Crippen molar-refractivity contribution in [2.45, 2.75) is 6.92 Å². The van der Waals surface area contributed by atoms with Crippen molar-refractivity contribution in [2.24, 2.45) is 0 Å². The van der Waals surface area contributed by atoms with Crippen molar-refractivity contribution in [3.63, 3.8) is 0 Å². The summed E-state index contributed by atoms with van der Waals surface area (Å²) in [6, 6.07) is 3.88. The lowest BCUT2D eigenvalue weighted by molar-refractivity contribution is 0.0745. The second-order valence-electron chi connectivity index (χ2n) is 7.63. The van der Waals surface area contributed by atoms with Gasteiger partial charge >= 0.3 is 0 Å². The van der Waals surface area contributed by atoms with Crippen LogP contribution >= 0.6 is 15.9 Å². The van der Waals surface area contributed by atoms with Crippen LogP contribution in [0.5, 0.6) is 0 Å². The van der Waals surface area contributed by atoms with Crippen molar-refractivity contribution in [2.75, 3.05) is 69.2 Å². The molecular weight excluding hydrogens is 434 g/mol. The van der Waals surface area contributed by atoms with Gasteiger partial charge in [-0.2, -0.15) is 4.98 Å². The van der Waals surface area contributed by atoms with Crippen LogP contribution in [0.1, 0.15) is 16.1 Å². The third-order valence-electron chi connectivity index (χ3n) is 5.46. The number of amides is 1. The summed E-state index contributed by atoms with van der Waals surface area (Å²) in [5, 5.41) is 0. The number of rotatable bonds is 3. The first kappa shape index (κ1) is 20.0. The smallest absolute Gasteiger partial charge is 0.255 e. The number of aromatic nitrogens is 3. The fourth-order valence-corrected chi connectivity index (χ4v) is 4.06. The number of hydrogen-bond donors (Lipinski definition) is 0. The van der Waals surface area contributed by atoms with Gasteiger partial charge in [-0.05, 0) is 36.0 Å². The van der Waals surface area contributed by atoms with Gasteiger partial charge in [0.25, 0.3) is 5.91 Å². The lowest BCUT2D eigenvalue weighted by atomic mass is 10.2. The number of aryl methyl sites for hydroxylation is 1. The Bertz CT molecular complexity index is 877. The first-order valence-corrected chi connectivity index (χ1v) is 10.7. The fraction of sp³-hybridized carbons (Fsp3) is 0.500. The van der Waals surface area contributed by atoms with E-state index in [4.69, 9.17) is 4.98 Å². The molecule has 0 bridgehead atoms. The summed E-state index contributed by atoms with van der Waals surface area (Å²) in [6.07, 6.45) is 3.30. The van der Waals surface area contributed by atoms with Crippen LogP contribution in [0.4, 0.5) is 11.8 Å². The van der Waals surface area contributed by atoms with Gasteiger partial charge in [0.15, 0.2) is 0 Å². The number of nitrogens with zero attached hydrogens (tertiary/aromatic N) is 7. The van der Waals surface area contributed by atoms with Crippen molar-refractivity contribution >= 4 is 33.6 Å². The summed E-state index contributed by atoms with van der Waals surface area (Å²) in [7, 11) is 2.15. The summed E-state index contributed by atoms with van der Waals surface area (Å²) < 4.78 is 0.812. The summed E-state index contributed by atoms with van der Waals surface area (Å²) in [4.78, 5) is 35.1.